The van der Waals surface area contributed by atoms with Gasteiger partial charge in [0.05, 0.1) is 17.3 Å². The smallest absolute Gasteiger partial charge is 0.311 e. The molecule has 102 valence electrons. The number of hydrogen-bond donors (Lipinski definition) is 1. The SMILES string of the molecule is CCC(CC)C(NC)c1ccc(C(F)(F)F)cn1. The summed E-state index contributed by atoms with van der Waals surface area (Å²) in [6.07, 6.45) is -1.49. The van der Waals surface area contributed by atoms with E-state index in [1.807, 2.05) is 7.05 Å². The molecule has 0 aliphatic rings. The van der Waals surface area contributed by atoms with Crippen molar-refractivity contribution in [3.63, 3.8) is 0 Å². The fourth-order valence-corrected chi connectivity index (χ4v) is 2.14. The highest BCUT2D eigenvalue weighted by atomic mass is 19.4. The summed E-state index contributed by atoms with van der Waals surface area (Å²) in [4.78, 5) is 3.95. The topological polar surface area (TPSA) is 24.9 Å². The Kier molecular flexibility index (Phi) is 5.14. The van der Waals surface area contributed by atoms with Crippen LogP contribution in [0.15, 0.2) is 18.3 Å². The maximum atomic E-state index is 12.4. The third-order valence-electron chi connectivity index (χ3n) is 3.26. The van der Waals surface area contributed by atoms with Gasteiger partial charge in [0, 0.05) is 6.20 Å². The molecule has 0 saturated carbocycles. The molecule has 1 N–H and O–H groups in total. The van der Waals surface area contributed by atoms with Gasteiger partial charge in [0.1, 0.15) is 0 Å². The van der Waals surface area contributed by atoms with Crippen LogP contribution < -0.4 is 5.32 Å². The third kappa shape index (κ3) is 3.45. The van der Waals surface area contributed by atoms with E-state index in [1.54, 1.807) is 0 Å². The van der Waals surface area contributed by atoms with E-state index in [2.05, 4.69) is 24.1 Å². The summed E-state index contributed by atoms with van der Waals surface area (Å²) < 4.78 is 37.3. The molecule has 0 spiro atoms. The van der Waals surface area contributed by atoms with Crippen LogP contribution in [0.3, 0.4) is 0 Å². The van der Waals surface area contributed by atoms with Gasteiger partial charge in [-0.15, -0.1) is 0 Å². The summed E-state index contributed by atoms with van der Waals surface area (Å²) in [5.74, 6) is 0.374. The van der Waals surface area contributed by atoms with Crippen molar-refractivity contribution in [2.45, 2.75) is 38.9 Å². The Morgan fingerprint density at radius 1 is 1.22 bits per heavy atom. The zero-order valence-electron chi connectivity index (χ0n) is 10.9. The fourth-order valence-electron chi connectivity index (χ4n) is 2.14. The lowest BCUT2D eigenvalue weighted by atomic mass is 9.91. The first kappa shape index (κ1) is 15.0. The van der Waals surface area contributed by atoms with Crippen LogP contribution in [0.2, 0.25) is 0 Å². The molecule has 5 heteroatoms. The monoisotopic (exact) mass is 260 g/mol. The molecule has 0 saturated heterocycles. The van der Waals surface area contributed by atoms with Gasteiger partial charge in [0.2, 0.25) is 0 Å². The van der Waals surface area contributed by atoms with Crippen molar-refractivity contribution in [2.24, 2.45) is 5.92 Å². The molecule has 0 fully saturated rings. The zero-order chi connectivity index (χ0) is 13.8. The minimum Gasteiger partial charge on any atom is -0.311 e. The van der Waals surface area contributed by atoms with E-state index in [0.29, 0.717) is 11.6 Å². The van der Waals surface area contributed by atoms with E-state index in [0.717, 1.165) is 25.1 Å². The van der Waals surface area contributed by atoms with Crippen molar-refractivity contribution in [3.8, 4) is 0 Å². The van der Waals surface area contributed by atoms with Crippen LogP contribution in [-0.4, -0.2) is 12.0 Å². The second-order valence-corrected chi connectivity index (χ2v) is 4.31. The lowest BCUT2D eigenvalue weighted by molar-refractivity contribution is -0.137. The zero-order valence-corrected chi connectivity index (χ0v) is 10.9. The Balaban J connectivity index is 2.95. The minimum atomic E-state index is -4.32. The largest absolute Gasteiger partial charge is 0.417 e. The normalized spacial score (nSPS) is 13.9. The van der Waals surface area contributed by atoms with E-state index >= 15 is 0 Å². The van der Waals surface area contributed by atoms with Gasteiger partial charge in [-0.25, -0.2) is 0 Å². The summed E-state index contributed by atoms with van der Waals surface area (Å²) in [6.45, 7) is 4.14. The number of rotatable bonds is 5. The van der Waals surface area contributed by atoms with Gasteiger partial charge < -0.3 is 5.32 Å². The second kappa shape index (κ2) is 6.18. The first-order chi connectivity index (χ1) is 8.43. The predicted molar refractivity (Wildman–Crippen MR) is 65.1 cm³/mol. The molecule has 0 aromatic carbocycles. The predicted octanol–water partition coefficient (Wildman–Crippen LogP) is 3.80. The molecule has 18 heavy (non-hydrogen) atoms. The molecule has 0 amide bonds. The van der Waals surface area contributed by atoms with E-state index in [1.165, 1.54) is 6.07 Å². The number of nitrogens with zero attached hydrogens (tertiary/aromatic N) is 1. The molecule has 1 aromatic rings. The summed E-state index contributed by atoms with van der Waals surface area (Å²) in [5, 5.41) is 3.13. The molecule has 0 aliphatic heterocycles. The average molecular weight is 260 g/mol. The number of nitrogens with one attached hydrogen (secondary N) is 1. The Morgan fingerprint density at radius 2 is 1.83 bits per heavy atom. The van der Waals surface area contributed by atoms with Crippen LogP contribution in [-0.2, 0) is 6.18 Å². The van der Waals surface area contributed by atoms with Crippen molar-refractivity contribution in [1.82, 2.24) is 10.3 Å². The summed E-state index contributed by atoms with van der Waals surface area (Å²) in [5.41, 5.74) is -0.0372. The third-order valence-corrected chi connectivity index (χ3v) is 3.26. The molecular formula is C13H19F3N2. The van der Waals surface area contributed by atoms with Crippen LogP contribution >= 0.6 is 0 Å². The van der Waals surface area contributed by atoms with Gasteiger partial charge in [-0.3, -0.25) is 4.98 Å². The highest BCUT2D eigenvalue weighted by Gasteiger charge is 2.31. The summed E-state index contributed by atoms with van der Waals surface area (Å²) in [6, 6.07) is 2.56. The van der Waals surface area contributed by atoms with E-state index < -0.39 is 11.7 Å². The number of pyridine rings is 1. The molecule has 0 aliphatic carbocycles. The quantitative estimate of drug-likeness (QED) is 0.871. The highest BCUT2D eigenvalue weighted by molar-refractivity contribution is 5.19. The van der Waals surface area contributed by atoms with E-state index in [4.69, 9.17) is 0 Å². The highest BCUT2D eigenvalue weighted by Crippen LogP contribution is 2.30. The van der Waals surface area contributed by atoms with Crippen molar-refractivity contribution in [3.05, 3.63) is 29.6 Å². The maximum absolute atomic E-state index is 12.4. The van der Waals surface area contributed by atoms with Crippen molar-refractivity contribution < 1.29 is 13.2 Å². The Hall–Kier alpha value is -1.10. The van der Waals surface area contributed by atoms with Gasteiger partial charge in [-0.05, 0) is 25.1 Å². The first-order valence-corrected chi connectivity index (χ1v) is 6.14. The number of aromatic nitrogens is 1. The lowest BCUT2D eigenvalue weighted by Crippen LogP contribution is -2.25. The van der Waals surface area contributed by atoms with Gasteiger partial charge in [-0.1, -0.05) is 26.7 Å². The van der Waals surface area contributed by atoms with Crippen LogP contribution in [0.1, 0.15) is 44.0 Å². The lowest BCUT2D eigenvalue weighted by Gasteiger charge is -2.24. The summed E-state index contributed by atoms with van der Waals surface area (Å²) in [7, 11) is 1.81. The molecule has 1 rings (SSSR count). The number of halogens is 3. The fraction of sp³-hybridized carbons (Fsp3) is 0.615. The van der Waals surface area contributed by atoms with Gasteiger partial charge in [0.15, 0.2) is 0 Å². The molecule has 1 unspecified atom stereocenters. The molecule has 1 atom stereocenters. The molecule has 0 bridgehead atoms. The first-order valence-electron chi connectivity index (χ1n) is 6.14. The van der Waals surface area contributed by atoms with E-state index in [9.17, 15) is 13.2 Å². The molecule has 1 aromatic heterocycles. The van der Waals surface area contributed by atoms with Crippen LogP contribution in [0.25, 0.3) is 0 Å². The molecule has 0 radical (unpaired) electrons. The van der Waals surface area contributed by atoms with Crippen LogP contribution in [0, 0.1) is 5.92 Å². The van der Waals surface area contributed by atoms with Crippen LogP contribution in [0.4, 0.5) is 13.2 Å². The van der Waals surface area contributed by atoms with Crippen molar-refractivity contribution in [2.75, 3.05) is 7.05 Å². The Morgan fingerprint density at radius 3 is 2.17 bits per heavy atom. The average Bonchev–Trinajstić information content (AvgIpc) is 2.35. The Labute approximate surface area is 106 Å². The van der Waals surface area contributed by atoms with Gasteiger partial charge in [-0.2, -0.15) is 13.2 Å². The standard InChI is InChI=1S/C13H19F3N2/c1-4-9(5-2)12(17-3)11-7-6-10(8-18-11)13(14,15)16/h6-9,12,17H,4-5H2,1-3H3. The van der Waals surface area contributed by atoms with Crippen molar-refractivity contribution in [1.29, 1.82) is 0 Å². The minimum absolute atomic E-state index is 0.00211. The van der Waals surface area contributed by atoms with Crippen molar-refractivity contribution >= 4 is 0 Å². The maximum Gasteiger partial charge on any atom is 0.417 e. The molecule has 2 nitrogen and oxygen atoms in total. The molecular weight excluding hydrogens is 241 g/mol. The van der Waals surface area contributed by atoms with E-state index in [-0.39, 0.29) is 6.04 Å². The number of hydrogen-bond acceptors (Lipinski definition) is 2. The van der Waals surface area contributed by atoms with Gasteiger partial charge in [0.25, 0.3) is 0 Å². The van der Waals surface area contributed by atoms with Crippen LogP contribution in [0.5, 0.6) is 0 Å². The van der Waals surface area contributed by atoms with Gasteiger partial charge >= 0.3 is 6.18 Å². The summed E-state index contributed by atoms with van der Waals surface area (Å²) >= 11 is 0. The molecule has 1 heterocycles. The second-order valence-electron chi connectivity index (χ2n) is 4.31. The number of alkyl halides is 3. The Bertz CT molecular complexity index is 355.